The van der Waals surface area contributed by atoms with Crippen molar-refractivity contribution in [2.24, 2.45) is 0 Å². The third-order valence-corrected chi connectivity index (χ3v) is 3.32. The molecule has 0 fully saturated rings. The number of nitrogens with one attached hydrogen (secondary N) is 2. The van der Waals surface area contributed by atoms with Crippen LogP contribution in [0.15, 0.2) is 42.5 Å². The van der Waals surface area contributed by atoms with Gasteiger partial charge < -0.3 is 24.8 Å². The van der Waals surface area contributed by atoms with E-state index in [4.69, 9.17) is 14.2 Å². The third-order valence-electron chi connectivity index (χ3n) is 3.32. The molecule has 6 heteroatoms. The Bertz CT molecular complexity index is 671. The zero-order chi connectivity index (χ0) is 17.4. The van der Waals surface area contributed by atoms with Gasteiger partial charge in [0.05, 0.1) is 20.8 Å². The Balaban J connectivity index is 1.78. The number of benzene rings is 2. The Morgan fingerprint density at radius 1 is 1.00 bits per heavy atom. The summed E-state index contributed by atoms with van der Waals surface area (Å²) in [6.45, 7) is 2.66. The van der Waals surface area contributed by atoms with Gasteiger partial charge in [0.15, 0.2) is 11.5 Å². The van der Waals surface area contributed by atoms with E-state index in [0.29, 0.717) is 30.4 Å². The highest BCUT2D eigenvalue weighted by atomic mass is 16.5. The van der Waals surface area contributed by atoms with Crippen LogP contribution in [0.2, 0.25) is 0 Å². The van der Waals surface area contributed by atoms with Crippen LogP contribution in [0.1, 0.15) is 5.56 Å². The van der Waals surface area contributed by atoms with Crippen molar-refractivity contribution in [2.45, 2.75) is 6.92 Å². The first-order valence-electron chi connectivity index (χ1n) is 7.59. The fourth-order valence-electron chi connectivity index (χ4n) is 2.11. The minimum Gasteiger partial charge on any atom is -0.493 e. The molecule has 2 rings (SSSR count). The van der Waals surface area contributed by atoms with Gasteiger partial charge in [0.1, 0.15) is 6.61 Å². The lowest BCUT2D eigenvalue weighted by Crippen LogP contribution is -2.32. The van der Waals surface area contributed by atoms with Crippen molar-refractivity contribution in [1.29, 1.82) is 0 Å². The minimum absolute atomic E-state index is 0.278. The molecule has 2 aromatic carbocycles. The van der Waals surface area contributed by atoms with Crippen LogP contribution in [0.5, 0.6) is 17.2 Å². The van der Waals surface area contributed by atoms with Crippen molar-refractivity contribution in [3.05, 3.63) is 48.0 Å². The van der Waals surface area contributed by atoms with Gasteiger partial charge in [-0.3, -0.25) is 0 Å². The van der Waals surface area contributed by atoms with Crippen LogP contribution in [0.3, 0.4) is 0 Å². The van der Waals surface area contributed by atoms with E-state index in [1.807, 2.05) is 37.3 Å². The predicted octanol–water partition coefficient (Wildman–Crippen LogP) is 3.21. The van der Waals surface area contributed by atoms with Crippen LogP contribution in [0.4, 0.5) is 10.5 Å². The highest BCUT2D eigenvalue weighted by Crippen LogP contribution is 2.36. The molecule has 0 saturated carbocycles. The van der Waals surface area contributed by atoms with E-state index in [2.05, 4.69) is 10.6 Å². The van der Waals surface area contributed by atoms with E-state index in [9.17, 15) is 4.79 Å². The van der Waals surface area contributed by atoms with Crippen LogP contribution < -0.4 is 24.8 Å². The second-order valence-electron chi connectivity index (χ2n) is 5.09. The SMILES string of the molecule is COc1cccc(OCCNC(=O)Nc2ccc(C)cc2)c1OC. The molecule has 0 bridgehead atoms. The molecule has 2 amide bonds. The van der Waals surface area contributed by atoms with Crippen molar-refractivity contribution in [3.8, 4) is 17.2 Å². The molecule has 0 aliphatic heterocycles. The quantitative estimate of drug-likeness (QED) is 0.765. The van der Waals surface area contributed by atoms with Crippen molar-refractivity contribution in [1.82, 2.24) is 5.32 Å². The average molecular weight is 330 g/mol. The molecule has 0 aliphatic carbocycles. The lowest BCUT2D eigenvalue weighted by molar-refractivity contribution is 0.245. The van der Waals surface area contributed by atoms with Gasteiger partial charge in [-0.15, -0.1) is 0 Å². The molecule has 0 spiro atoms. The van der Waals surface area contributed by atoms with E-state index in [0.717, 1.165) is 11.3 Å². The number of ether oxygens (including phenoxy) is 3. The highest BCUT2D eigenvalue weighted by molar-refractivity contribution is 5.89. The molecule has 0 saturated heterocycles. The lowest BCUT2D eigenvalue weighted by Gasteiger charge is -2.14. The molecule has 128 valence electrons. The number of carbonyl (C=O) groups excluding carboxylic acids is 1. The Morgan fingerprint density at radius 3 is 2.38 bits per heavy atom. The number of hydrogen-bond donors (Lipinski definition) is 2. The Morgan fingerprint density at radius 2 is 1.71 bits per heavy atom. The molecule has 6 nitrogen and oxygen atoms in total. The average Bonchev–Trinajstić information content (AvgIpc) is 2.60. The van der Waals surface area contributed by atoms with Crippen LogP contribution in [-0.4, -0.2) is 33.4 Å². The van der Waals surface area contributed by atoms with Gasteiger partial charge in [0, 0.05) is 5.69 Å². The Labute approximate surface area is 141 Å². The van der Waals surface area contributed by atoms with Crippen LogP contribution in [-0.2, 0) is 0 Å². The van der Waals surface area contributed by atoms with Gasteiger partial charge in [0.25, 0.3) is 0 Å². The molecule has 0 radical (unpaired) electrons. The first kappa shape index (κ1) is 17.5. The first-order valence-corrected chi connectivity index (χ1v) is 7.59. The summed E-state index contributed by atoms with van der Waals surface area (Å²) in [5.41, 5.74) is 1.88. The number of aryl methyl sites for hydroxylation is 1. The molecule has 0 aromatic heterocycles. The normalized spacial score (nSPS) is 9.96. The second kappa shape index (κ2) is 8.67. The molecular formula is C18H22N2O4. The van der Waals surface area contributed by atoms with Crippen molar-refractivity contribution in [2.75, 3.05) is 32.7 Å². The van der Waals surface area contributed by atoms with Crippen molar-refractivity contribution in [3.63, 3.8) is 0 Å². The molecule has 0 heterocycles. The topological polar surface area (TPSA) is 68.8 Å². The molecule has 0 atom stereocenters. The maximum absolute atomic E-state index is 11.8. The zero-order valence-corrected chi connectivity index (χ0v) is 14.1. The van der Waals surface area contributed by atoms with Gasteiger partial charge in [-0.1, -0.05) is 23.8 Å². The third kappa shape index (κ3) is 4.81. The van der Waals surface area contributed by atoms with Gasteiger partial charge in [-0.25, -0.2) is 4.79 Å². The van der Waals surface area contributed by atoms with Gasteiger partial charge >= 0.3 is 6.03 Å². The number of anilines is 1. The summed E-state index contributed by atoms with van der Waals surface area (Å²) >= 11 is 0. The van der Waals surface area contributed by atoms with Gasteiger partial charge in [-0.05, 0) is 31.2 Å². The number of amides is 2. The fraction of sp³-hybridized carbons (Fsp3) is 0.278. The summed E-state index contributed by atoms with van der Waals surface area (Å²) in [4.78, 5) is 11.8. The summed E-state index contributed by atoms with van der Waals surface area (Å²) in [5, 5.41) is 5.49. The minimum atomic E-state index is -0.278. The van der Waals surface area contributed by atoms with E-state index < -0.39 is 0 Å². The molecule has 0 unspecified atom stereocenters. The maximum Gasteiger partial charge on any atom is 0.319 e. The van der Waals surface area contributed by atoms with Crippen molar-refractivity contribution >= 4 is 11.7 Å². The molecule has 0 aliphatic rings. The highest BCUT2D eigenvalue weighted by Gasteiger charge is 2.10. The number of hydrogen-bond acceptors (Lipinski definition) is 4. The zero-order valence-electron chi connectivity index (χ0n) is 14.1. The van der Waals surface area contributed by atoms with Gasteiger partial charge in [-0.2, -0.15) is 0 Å². The molecule has 2 N–H and O–H groups in total. The first-order chi connectivity index (χ1) is 11.6. The summed E-state index contributed by atoms with van der Waals surface area (Å²) in [6.07, 6.45) is 0. The smallest absolute Gasteiger partial charge is 0.319 e. The van der Waals surface area contributed by atoms with E-state index >= 15 is 0 Å². The number of urea groups is 1. The van der Waals surface area contributed by atoms with E-state index in [1.165, 1.54) is 0 Å². The Kier molecular flexibility index (Phi) is 6.31. The van der Waals surface area contributed by atoms with E-state index in [1.54, 1.807) is 26.4 Å². The van der Waals surface area contributed by atoms with Gasteiger partial charge in [0.2, 0.25) is 5.75 Å². The summed E-state index contributed by atoms with van der Waals surface area (Å²) < 4.78 is 16.1. The standard InChI is InChI=1S/C18H22N2O4/c1-13-7-9-14(10-8-13)20-18(21)19-11-12-24-16-6-4-5-15(22-2)17(16)23-3/h4-10H,11-12H2,1-3H3,(H2,19,20,21). The largest absolute Gasteiger partial charge is 0.493 e. The van der Waals surface area contributed by atoms with E-state index in [-0.39, 0.29) is 6.03 Å². The second-order valence-corrected chi connectivity index (χ2v) is 5.09. The predicted molar refractivity (Wildman–Crippen MR) is 93.2 cm³/mol. The van der Waals surface area contributed by atoms with Crippen LogP contribution >= 0.6 is 0 Å². The number of para-hydroxylation sites is 1. The molecular weight excluding hydrogens is 308 g/mol. The van der Waals surface area contributed by atoms with Crippen LogP contribution in [0.25, 0.3) is 0 Å². The number of carbonyl (C=O) groups is 1. The summed E-state index contributed by atoms with van der Waals surface area (Å²) in [6, 6.07) is 12.7. The number of rotatable bonds is 7. The number of methoxy groups -OCH3 is 2. The van der Waals surface area contributed by atoms with Crippen molar-refractivity contribution < 1.29 is 19.0 Å². The monoisotopic (exact) mass is 330 g/mol. The fourth-order valence-corrected chi connectivity index (χ4v) is 2.11. The lowest BCUT2D eigenvalue weighted by atomic mass is 10.2. The summed E-state index contributed by atoms with van der Waals surface area (Å²) in [7, 11) is 3.12. The molecule has 2 aromatic rings. The molecule has 24 heavy (non-hydrogen) atoms. The maximum atomic E-state index is 11.8. The summed E-state index contributed by atoms with van der Waals surface area (Å²) in [5.74, 6) is 1.70. The van der Waals surface area contributed by atoms with Crippen LogP contribution in [0, 0.1) is 6.92 Å². The Hall–Kier alpha value is -2.89.